The van der Waals surface area contributed by atoms with Crippen LogP contribution in [0.15, 0.2) is 65.6 Å². The van der Waals surface area contributed by atoms with Gasteiger partial charge < -0.3 is 9.47 Å². The molecule has 1 aliphatic heterocycles. The number of rotatable bonds is 8. The van der Waals surface area contributed by atoms with Crippen molar-refractivity contribution in [3.05, 3.63) is 102 Å². The first-order valence-corrected chi connectivity index (χ1v) is 12.7. The van der Waals surface area contributed by atoms with Gasteiger partial charge in [0.15, 0.2) is 11.5 Å². The number of non-ortho nitro benzene ring substituents is 1. The Balaban J connectivity index is 1.52. The van der Waals surface area contributed by atoms with Crippen molar-refractivity contribution in [2.75, 3.05) is 7.11 Å². The summed E-state index contributed by atoms with van der Waals surface area (Å²) < 4.78 is 12.4. The molecule has 0 aliphatic carbocycles. The Kier molecular flexibility index (Phi) is 7.94. The number of halogens is 1. The van der Waals surface area contributed by atoms with Gasteiger partial charge in [0.05, 0.1) is 27.1 Å². The maximum absolute atomic E-state index is 12.9. The Morgan fingerprint density at radius 3 is 2.50 bits per heavy atom. The second-order valence-corrected chi connectivity index (χ2v) is 10.1. The molecule has 1 fully saturated rings. The summed E-state index contributed by atoms with van der Waals surface area (Å²) in [5.41, 5.74) is 3.46. The molecule has 0 spiro atoms. The van der Waals surface area contributed by atoms with Gasteiger partial charge in [-0.3, -0.25) is 24.6 Å². The molecule has 4 rings (SSSR count). The highest BCUT2D eigenvalue weighted by molar-refractivity contribution is 14.1. The van der Waals surface area contributed by atoms with Crippen LogP contribution in [-0.4, -0.2) is 28.1 Å². The van der Waals surface area contributed by atoms with Crippen molar-refractivity contribution in [3.63, 3.8) is 0 Å². The van der Waals surface area contributed by atoms with Crippen LogP contribution in [0.4, 0.5) is 10.5 Å². The fourth-order valence-corrected chi connectivity index (χ4v) is 5.20. The Hall–Kier alpha value is -3.38. The Bertz CT molecular complexity index is 1370. The molecule has 0 atom stereocenters. The van der Waals surface area contributed by atoms with Crippen molar-refractivity contribution in [1.82, 2.24) is 4.90 Å². The number of ether oxygens (including phenoxy) is 2. The first-order valence-electron chi connectivity index (χ1n) is 10.8. The van der Waals surface area contributed by atoms with Crippen LogP contribution in [0.3, 0.4) is 0 Å². The van der Waals surface area contributed by atoms with Gasteiger partial charge in [-0.05, 0) is 81.7 Å². The average Bonchev–Trinajstić information content (AvgIpc) is 3.11. The first kappa shape index (κ1) is 25.7. The SMILES string of the molecule is COc1cc(/C=C2\SC(=O)N(Cc3ccc([N+](=O)[O-])cc3)C2=O)cc(I)c1OCc1ccccc1C. The van der Waals surface area contributed by atoms with Crippen LogP contribution in [0.1, 0.15) is 22.3 Å². The van der Waals surface area contributed by atoms with E-state index < -0.39 is 16.1 Å². The zero-order valence-corrected chi connectivity index (χ0v) is 22.4. The molecule has 8 nitrogen and oxygen atoms in total. The summed E-state index contributed by atoms with van der Waals surface area (Å²) in [6.07, 6.45) is 1.65. The first-order chi connectivity index (χ1) is 17.3. The van der Waals surface area contributed by atoms with Gasteiger partial charge in [0, 0.05) is 12.1 Å². The molecule has 1 saturated heterocycles. The Labute approximate surface area is 225 Å². The molecule has 1 aliphatic rings. The highest BCUT2D eigenvalue weighted by Gasteiger charge is 2.35. The predicted molar refractivity (Wildman–Crippen MR) is 146 cm³/mol. The van der Waals surface area contributed by atoms with E-state index in [0.29, 0.717) is 29.2 Å². The number of nitro groups is 1. The number of carbonyl (C=O) groups excluding carboxylic acids is 2. The summed E-state index contributed by atoms with van der Waals surface area (Å²) in [4.78, 5) is 37.2. The van der Waals surface area contributed by atoms with E-state index in [-0.39, 0.29) is 17.1 Å². The van der Waals surface area contributed by atoms with Crippen LogP contribution < -0.4 is 9.47 Å². The van der Waals surface area contributed by atoms with Crippen LogP contribution >= 0.6 is 34.4 Å². The standard InChI is InChI=1S/C26H21IN2O6S/c1-16-5-3-4-6-19(16)15-35-24-21(27)11-18(12-22(24)34-2)13-23-25(30)28(26(31)36-23)14-17-7-9-20(10-8-17)29(32)33/h3-13H,14-15H2,1-2H3/b23-13-. The van der Waals surface area contributed by atoms with E-state index in [1.165, 1.54) is 24.3 Å². The number of aryl methyl sites for hydroxylation is 1. The summed E-state index contributed by atoms with van der Waals surface area (Å²) in [5.74, 6) is 0.703. The highest BCUT2D eigenvalue weighted by atomic mass is 127. The maximum Gasteiger partial charge on any atom is 0.293 e. The number of amides is 2. The van der Waals surface area contributed by atoms with Crippen molar-refractivity contribution in [1.29, 1.82) is 0 Å². The second-order valence-electron chi connectivity index (χ2n) is 7.94. The van der Waals surface area contributed by atoms with Crippen LogP contribution in [-0.2, 0) is 17.9 Å². The fourth-order valence-electron chi connectivity index (χ4n) is 3.58. The third-order valence-corrected chi connectivity index (χ3v) is 7.25. The smallest absolute Gasteiger partial charge is 0.293 e. The molecule has 1 heterocycles. The molecular weight excluding hydrogens is 595 g/mol. The molecule has 0 N–H and O–H groups in total. The molecule has 184 valence electrons. The summed E-state index contributed by atoms with van der Waals surface area (Å²) in [7, 11) is 1.55. The Morgan fingerprint density at radius 2 is 1.83 bits per heavy atom. The lowest BCUT2D eigenvalue weighted by Gasteiger charge is -2.15. The normalized spacial score (nSPS) is 14.4. The van der Waals surface area contributed by atoms with Gasteiger partial charge in [0.2, 0.25) is 0 Å². The van der Waals surface area contributed by atoms with Gasteiger partial charge in [0.25, 0.3) is 16.8 Å². The quantitative estimate of drug-likeness (QED) is 0.126. The van der Waals surface area contributed by atoms with Crippen LogP contribution in [0.2, 0.25) is 0 Å². The highest BCUT2D eigenvalue weighted by Crippen LogP contribution is 2.38. The number of imide groups is 1. The monoisotopic (exact) mass is 616 g/mol. The summed E-state index contributed by atoms with van der Waals surface area (Å²) >= 11 is 3.01. The van der Waals surface area contributed by atoms with Crippen molar-refractivity contribution < 1.29 is 24.0 Å². The van der Waals surface area contributed by atoms with Crippen molar-refractivity contribution in [3.8, 4) is 11.5 Å². The average molecular weight is 616 g/mol. The molecule has 0 radical (unpaired) electrons. The van der Waals surface area contributed by atoms with E-state index in [1.54, 1.807) is 19.3 Å². The largest absolute Gasteiger partial charge is 0.493 e. The zero-order chi connectivity index (χ0) is 25.8. The summed E-state index contributed by atoms with van der Waals surface area (Å²) in [6.45, 7) is 2.45. The lowest BCUT2D eigenvalue weighted by atomic mass is 10.1. The van der Waals surface area contributed by atoms with E-state index in [0.717, 1.165) is 31.4 Å². The van der Waals surface area contributed by atoms with Gasteiger partial charge in [-0.2, -0.15) is 0 Å². The summed E-state index contributed by atoms with van der Waals surface area (Å²) in [5, 5.41) is 10.4. The van der Waals surface area contributed by atoms with Gasteiger partial charge >= 0.3 is 0 Å². The van der Waals surface area contributed by atoms with Crippen LogP contribution in [0.5, 0.6) is 11.5 Å². The molecule has 2 amide bonds. The van der Waals surface area contributed by atoms with Crippen molar-refractivity contribution in [2.24, 2.45) is 0 Å². The van der Waals surface area contributed by atoms with E-state index in [9.17, 15) is 19.7 Å². The number of thioether (sulfide) groups is 1. The number of hydrogen-bond donors (Lipinski definition) is 0. The molecule has 0 bridgehead atoms. The number of nitrogens with zero attached hydrogens (tertiary/aromatic N) is 2. The van der Waals surface area contributed by atoms with Crippen LogP contribution in [0.25, 0.3) is 6.08 Å². The lowest BCUT2D eigenvalue weighted by molar-refractivity contribution is -0.384. The third kappa shape index (κ3) is 5.71. The topological polar surface area (TPSA) is 99.0 Å². The summed E-state index contributed by atoms with van der Waals surface area (Å²) in [6, 6.07) is 17.4. The number of hydrogen-bond acceptors (Lipinski definition) is 7. The van der Waals surface area contributed by atoms with Gasteiger partial charge in [-0.1, -0.05) is 36.4 Å². The minimum atomic E-state index is -0.499. The van der Waals surface area contributed by atoms with E-state index in [1.807, 2.05) is 37.3 Å². The minimum absolute atomic E-state index is 0.0343. The Morgan fingerprint density at radius 1 is 1.11 bits per heavy atom. The molecule has 0 saturated carbocycles. The molecule has 3 aromatic rings. The van der Waals surface area contributed by atoms with Gasteiger partial charge in [-0.25, -0.2) is 0 Å². The number of benzene rings is 3. The zero-order valence-electron chi connectivity index (χ0n) is 19.4. The van der Waals surface area contributed by atoms with E-state index in [2.05, 4.69) is 22.6 Å². The third-order valence-electron chi connectivity index (χ3n) is 5.54. The molecule has 0 unspecified atom stereocenters. The molecular formula is C26H21IN2O6S. The van der Waals surface area contributed by atoms with E-state index in [4.69, 9.17) is 9.47 Å². The number of methoxy groups -OCH3 is 1. The number of nitro benzene ring substituents is 1. The predicted octanol–water partition coefficient (Wildman–Crippen LogP) is 6.33. The fraction of sp³-hybridized carbons (Fsp3) is 0.154. The molecule has 36 heavy (non-hydrogen) atoms. The molecule has 3 aromatic carbocycles. The lowest BCUT2D eigenvalue weighted by Crippen LogP contribution is -2.27. The van der Waals surface area contributed by atoms with Crippen LogP contribution in [0, 0.1) is 20.6 Å². The second kappa shape index (κ2) is 11.1. The minimum Gasteiger partial charge on any atom is -0.493 e. The van der Waals surface area contributed by atoms with Gasteiger partial charge in [0.1, 0.15) is 6.61 Å². The number of carbonyl (C=O) groups is 2. The van der Waals surface area contributed by atoms with Crippen molar-refractivity contribution >= 4 is 57.3 Å². The molecule has 0 aromatic heterocycles. The van der Waals surface area contributed by atoms with E-state index >= 15 is 0 Å². The maximum atomic E-state index is 12.9. The van der Waals surface area contributed by atoms with Gasteiger partial charge in [-0.15, -0.1) is 0 Å². The molecule has 10 heteroatoms. The van der Waals surface area contributed by atoms with Crippen molar-refractivity contribution in [2.45, 2.75) is 20.1 Å².